The fourth-order valence-corrected chi connectivity index (χ4v) is 2.43. The summed E-state index contributed by atoms with van der Waals surface area (Å²) in [6.07, 6.45) is 0. The molecule has 16 heavy (non-hydrogen) atoms. The van der Waals surface area contributed by atoms with Crippen LogP contribution in [0.3, 0.4) is 0 Å². The Hall–Kier alpha value is -1.40. The second-order valence-corrected chi connectivity index (χ2v) is 4.93. The van der Waals surface area contributed by atoms with Crippen molar-refractivity contribution in [1.82, 2.24) is 0 Å². The quantitative estimate of drug-likeness (QED) is 0.626. The normalized spacial score (nSPS) is 10.4. The van der Waals surface area contributed by atoms with Crippen molar-refractivity contribution < 1.29 is 18.4 Å². The van der Waals surface area contributed by atoms with Crippen molar-refractivity contribution in [1.29, 1.82) is 0 Å². The molecule has 0 radical (unpaired) electrons. The first-order chi connectivity index (χ1) is 7.58. The molecule has 0 N–H and O–H groups in total. The Labute approximate surface area is 97.2 Å². The Morgan fingerprint density at radius 1 is 0.812 bits per heavy atom. The molecule has 2 rings (SSSR count). The molecule has 0 spiro atoms. The molecule has 0 aromatic carbocycles. The Kier molecular flexibility index (Phi) is 2.93. The number of rotatable bonds is 3. The van der Waals surface area contributed by atoms with Crippen LogP contribution in [0.5, 0.6) is 0 Å². The average molecular weight is 258 g/mol. The van der Waals surface area contributed by atoms with Gasteiger partial charge in [0.15, 0.2) is 10.3 Å². The summed E-state index contributed by atoms with van der Waals surface area (Å²) in [7, 11) is 0. The van der Waals surface area contributed by atoms with Crippen LogP contribution in [0.15, 0.2) is 24.3 Å². The topological polar surface area (TPSA) is 34.1 Å². The zero-order chi connectivity index (χ0) is 11.7. The van der Waals surface area contributed by atoms with Crippen molar-refractivity contribution in [3.8, 4) is 0 Å². The lowest BCUT2D eigenvalue weighted by Crippen LogP contribution is -2.11. The summed E-state index contributed by atoms with van der Waals surface area (Å²) in [5, 5.41) is -1.07. The highest BCUT2D eigenvalue weighted by atomic mass is 32.1. The minimum absolute atomic E-state index is 0.0244. The fourth-order valence-electron chi connectivity index (χ4n) is 1.10. The standard InChI is InChI=1S/C10H4F2O2S2/c11-7-3-1-5(15-7)9(13)10(14)6-2-4-8(12)16-6/h1-4H. The van der Waals surface area contributed by atoms with Crippen LogP contribution >= 0.6 is 22.7 Å². The second-order valence-electron chi connectivity index (χ2n) is 2.87. The molecule has 2 aromatic heterocycles. The summed E-state index contributed by atoms with van der Waals surface area (Å²) in [6.45, 7) is 0. The monoisotopic (exact) mass is 258 g/mol. The molecule has 0 saturated carbocycles. The first-order valence-corrected chi connectivity index (χ1v) is 5.81. The van der Waals surface area contributed by atoms with Crippen LogP contribution in [0.2, 0.25) is 0 Å². The van der Waals surface area contributed by atoms with E-state index in [-0.39, 0.29) is 9.75 Å². The highest BCUT2D eigenvalue weighted by molar-refractivity contribution is 7.15. The molecule has 2 heterocycles. The van der Waals surface area contributed by atoms with Crippen molar-refractivity contribution in [3.63, 3.8) is 0 Å². The van der Waals surface area contributed by atoms with Gasteiger partial charge in [-0.2, -0.15) is 8.78 Å². The van der Waals surface area contributed by atoms with E-state index in [0.29, 0.717) is 22.7 Å². The van der Waals surface area contributed by atoms with E-state index < -0.39 is 21.8 Å². The first-order valence-electron chi connectivity index (χ1n) is 4.17. The smallest absolute Gasteiger partial charge is 0.244 e. The van der Waals surface area contributed by atoms with Crippen molar-refractivity contribution in [2.75, 3.05) is 0 Å². The van der Waals surface area contributed by atoms with E-state index in [9.17, 15) is 18.4 Å². The molecule has 0 aliphatic carbocycles. The van der Waals surface area contributed by atoms with Gasteiger partial charge in [0.2, 0.25) is 11.6 Å². The first kappa shape index (κ1) is 11.1. The van der Waals surface area contributed by atoms with Crippen LogP contribution in [0.4, 0.5) is 8.78 Å². The summed E-state index contributed by atoms with van der Waals surface area (Å²) >= 11 is 1.20. The molecular formula is C10H4F2O2S2. The number of Topliss-reactive ketones (excluding diaryl/α,β-unsaturated/α-hetero) is 2. The molecule has 0 atom stereocenters. The van der Waals surface area contributed by atoms with Gasteiger partial charge < -0.3 is 0 Å². The highest BCUT2D eigenvalue weighted by Crippen LogP contribution is 2.20. The van der Waals surface area contributed by atoms with Gasteiger partial charge in [-0.25, -0.2) is 0 Å². The van der Waals surface area contributed by atoms with Gasteiger partial charge in [0.1, 0.15) is 0 Å². The molecule has 2 aromatic rings. The second kappa shape index (κ2) is 4.23. The number of hydrogen-bond acceptors (Lipinski definition) is 4. The van der Waals surface area contributed by atoms with E-state index in [1.165, 1.54) is 12.1 Å². The van der Waals surface area contributed by atoms with Crippen molar-refractivity contribution >= 4 is 34.2 Å². The third kappa shape index (κ3) is 2.07. The third-order valence-electron chi connectivity index (χ3n) is 1.80. The van der Waals surface area contributed by atoms with Crippen LogP contribution in [-0.2, 0) is 0 Å². The molecule has 0 aliphatic rings. The highest BCUT2D eigenvalue weighted by Gasteiger charge is 2.21. The number of carbonyl (C=O) groups is 2. The minimum atomic E-state index is -0.809. The molecular weight excluding hydrogens is 254 g/mol. The number of halogens is 2. The lowest BCUT2D eigenvalue weighted by atomic mass is 10.2. The molecule has 0 saturated heterocycles. The largest absolute Gasteiger partial charge is 0.284 e. The number of hydrogen-bond donors (Lipinski definition) is 0. The minimum Gasteiger partial charge on any atom is -0.284 e. The summed E-state index contributed by atoms with van der Waals surface area (Å²) in [4.78, 5) is 23.1. The van der Waals surface area contributed by atoms with Crippen molar-refractivity contribution in [3.05, 3.63) is 44.3 Å². The number of thiophene rings is 2. The molecule has 0 amide bonds. The van der Waals surface area contributed by atoms with E-state index in [2.05, 4.69) is 0 Å². The van der Waals surface area contributed by atoms with Crippen molar-refractivity contribution in [2.24, 2.45) is 0 Å². The summed E-state index contributed by atoms with van der Waals surface area (Å²) in [6, 6.07) is 4.70. The van der Waals surface area contributed by atoms with Gasteiger partial charge in [-0.15, -0.1) is 22.7 Å². The zero-order valence-electron chi connectivity index (χ0n) is 7.70. The molecule has 0 bridgehead atoms. The molecule has 0 unspecified atom stereocenters. The lowest BCUT2D eigenvalue weighted by molar-refractivity contribution is 0.0821. The lowest BCUT2D eigenvalue weighted by Gasteiger charge is -1.92. The van der Waals surface area contributed by atoms with Crippen LogP contribution in [0, 0.1) is 10.3 Å². The van der Waals surface area contributed by atoms with Gasteiger partial charge >= 0.3 is 0 Å². The Morgan fingerprint density at radius 3 is 1.44 bits per heavy atom. The van der Waals surface area contributed by atoms with E-state index in [0.717, 1.165) is 12.1 Å². The summed E-state index contributed by atoms with van der Waals surface area (Å²) in [5.41, 5.74) is 0. The van der Waals surface area contributed by atoms with Crippen LogP contribution in [0.1, 0.15) is 19.3 Å². The summed E-state index contributed by atoms with van der Waals surface area (Å²) in [5.74, 6) is -1.62. The van der Waals surface area contributed by atoms with E-state index >= 15 is 0 Å². The maximum Gasteiger partial charge on any atom is 0.244 e. The molecule has 0 fully saturated rings. The average Bonchev–Trinajstić information content (AvgIpc) is 2.85. The number of ketones is 2. The Bertz CT molecular complexity index is 506. The van der Waals surface area contributed by atoms with E-state index in [1.807, 2.05) is 0 Å². The fraction of sp³-hybridized carbons (Fsp3) is 0. The van der Waals surface area contributed by atoms with Crippen LogP contribution in [-0.4, -0.2) is 11.6 Å². The molecule has 82 valence electrons. The third-order valence-corrected chi connectivity index (χ3v) is 3.55. The Morgan fingerprint density at radius 2 is 1.19 bits per heavy atom. The van der Waals surface area contributed by atoms with Crippen LogP contribution in [0.25, 0.3) is 0 Å². The van der Waals surface area contributed by atoms with Gasteiger partial charge in [-0.3, -0.25) is 9.59 Å². The van der Waals surface area contributed by atoms with Gasteiger partial charge in [-0.05, 0) is 24.3 Å². The molecule has 6 heteroatoms. The van der Waals surface area contributed by atoms with Gasteiger partial charge in [-0.1, -0.05) is 0 Å². The van der Waals surface area contributed by atoms with Gasteiger partial charge in [0.05, 0.1) is 9.75 Å². The maximum absolute atomic E-state index is 12.7. The molecule has 0 aliphatic heterocycles. The zero-order valence-corrected chi connectivity index (χ0v) is 9.33. The number of carbonyl (C=O) groups excluding carboxylic acids is 2. The van der Waals surface area contributed by atoms with E-state index in [4.69, 9.17) is 0 Å². The van der Waals surface area contributed by atoms with Gasteiger partial charge in [0, 0.05) is 0 Å². The van der Waals surface area contributed by atoms with E-state index in [1.54, 1.807) is 0 Å². The van der Waals surface area contributed by atoms with Crippen molar-refractivity contribution in [2.45, 2.75) is 0 Å². The maximum atomic E-state index is 12.7. The Balaban J connectivity index is 2.26. The summed E-state index contributed by atoms with van der Waals surface area (Å²) < 4.78 is 25.3. The predicted molar refractivity (Wildman–Crippen MR) is 57.2 cm³/mol. The SMILES string of the molecule is O=C(C(=O)c1ccc(F)s1)c1ccc(F)s1. The predicted octanol–water partition coefficient (Wildman–Crippen LogP) is 3.15. The van der Waals surface area contributed by atoms with Gasteiger partial charge in [0.25, 0.3) is 0 Å². The molecule has 2 nitrogen and oxygen atoms in total. The van der Waals surface area contributed by atoms with Crippen LogP contribution < -0.4 is 0 Å².